The molecule has 3 aliphatic rings. The van der Waals surface area contributed by atoms with Crippen molar-refractivity contribution >= 4 is 16.0 Å². The first-order valence-electron chi connectivity index (χ1n) is 8.00. The molecule has 1 saturated heterocycles. The van der Waals surface area contributed by atoms with Crippen LogP contribution in [-0.2, 0) is 14.8 Å². The van der Waals surface area contributed by atoms with Crippen molar-refractivity contribution < 1.29 is 18.3 Å². The summed E-state index contributed by atoms with van der Waals surface area (Å²) in [5.41, 5.74) is -0.0110. The third kappa shape index (κ3) is 2.97. The number of carbonyl (C=O) groups is 1. The normalized spacial score (nSPS) is 40.5. The molecule has 120 valence electrons. The summed E-state index contributed by atoms with van der Waals surface area (Å²) in [6, 6.07) is 0. The van der Waals surface area contributed by atoms with E-state index in [2.05, 4.69) is 0 Å². The molecule has 1 heterocycles. The van der Waals surface area contributed by atoms with Crippen molar-refractivity contribution in [3.8, 4) is 0 Å². The molecule has 2 saturated carbocycles. The van der Waals surface area contributed by atoms with Gasteiger partial charge < -0.3 is 5.11 Å². The van der Waals surface area contributed by atoms with Crippen LogP contribution in [0.4, 0.5) is 0 Å². The molecule has 3 rings (SSSR count). The van der Waals surface area contributed by atoms with Crippen LogP contribution in [0.3, 0.4) is 0 Å². The second-order valence-corrected chi connectivity index (χ2v) is 9.57. The molecule has 2 atom stereocenters. The summed E-state index contributed by atoms with van der Waals surface area (Å²) in [7, 11) is -3.34. The Balaban J connectivity index is 1.73. The van der Waals surface area contributed by atoms with Crippen molar-refractivity contribution in [1.82, 2.24) is 4.31 Å². The molecule has 0 aromatic rings. The van der Waals surface area contributed by atoms with E-state index in [0.29, 0.717) is 13.0 Å². The molecule has 3 fully saturated rings. The maximum absolute atomic E-state index is 12.8. The number of carboxylic acids is 1. The predicted octanol–water partition coefficient (Wildman–Crippen LogP) is 1.94. The van der Waals surface area contributed by atoms with Crippen LogP contribution in [0.2, 0.25) is 0 Å². The first-order valence-corrected chi connectivity index (χ1v) is 9.61. The molecule has 0 aromatic heterocycles. The fraction of sp³-hybridized carbons (Fsp3) is 0.933. The largest absolute Gasteiger partial charge is 0.481 e. The number of fused-ring (bicyclic) bond motifs is 2. The van der Waals surface area contributed by atoms with Crippen LogP contribution in [-0.4, -0.2) is 42.6 Å². The molecule has 0 amide bonds. The van der Waals surface area contributed by atoms with E-state index in [1.807, 2.05) is 6.92 Å². The van der Waals surface area contributed by atoms with Crippen molar-refractivity contribution in [2.75, 3.05) is 18.8 Å². The summed E-state index contributed by atoms with van der Waals surface area (Å²) in [6.07, 6.45) is 6.03. The minimum Gasteiger partial charge on any atom is -0.481 e. The van der Waals surface area contributed by atoms with Crippen LogP contribution < -0.4 is 0 Å². The summed E-state index contributed by atoms with van der Waals surface area (Å²) in [5.74, 6) is -0.350. The number of nitrogens with zero attached hydrogens (tertiary/aromatic N) is 1. The third-order valence-corrected chi connectivity index (χ3v) is 7.81. The van der Waals surface area contributed by atoms with Gasteiger partial charge in [-0.2, -0.15) is 0 Å². The monoisotopic (exact) mass is 315 g/mol. The second-order valence-electron chi connectivity index (χ2n) is 7.60. The van der Waals surface area contributed by atoms with E-state index in [1.54, 1.807) is 0 Å². The van der Waals surface area contributed by atoms with Crippen LogP contribution in [0.1, 0.15) is 45.4 Å². The fourth-order valence-electron chi connectivity index (χ4n) is 4.70. The number of hydrogen-bond acceptors (Lipinski definition) is 3. The molecule has 2 aliphatic carbocycles. The third-order valence-electron chi connectivity index (χ3n) is 5.74. The molecule has 0 aromatic carbocycles. The molecule has 2 bridgehead atoms. The van der Waals surface area contributed by atoms with E-state index in [-0.39, 0.29) is 23.6 Å². The summed E-state index contributed by atoms with van der Waals surface area (Å²) < 4.78 is 27.0. The highest BCUT2D eigenvalue weighted by atomic mass is 32.2. The smallest absolute Gasteiger partial charge is 0.307 e. The lowest BCUT2D eigenvalue weighted by molar-refractivity contribution is -0.143. The van der Waals surface area contributed by atoms with Gasteiger partial charge in [0.15, 0.2) is 0 Å². The molecule has 1 aliphatic heterocycles. The van der Waals surface area contributed by atoms with Gasteiger partial charge in [-0.05, 0) is 55.8 Å². The van der Waals surface area contributed by atoms with Crippen LogP contribution >= 0.6 is 0 Å². The highest BCUT2D eigenvalue weighted by Gasteiger charge is 2.48. The Hall–Kier alpha value is -0.620. The molecular weight excluding hydrogens is 290 g/mol. The van der Waals surface area contributed by atoms with Gasteiger partial charge in [0.25, 0.3) is 0 Å². The zero-order valence-electron chi connectivity index (χ0n) is 12.6. The van der Waals surface area contributed by atoms with Gasteiger partial charge in [0.2, 0.25) is 10.0 Å². The van der Waals surface area contributed by atoms with Gasteiger partial charge in [0.1, 0.15) is 0 Å². The maximum atomic E-state index is 12.8. The number of aliphatic carboxylic acids is 1. The molecule has 0 radical (unpaired) electrons. The lowest BCUT2D eigenvalue weighted by Gasteiger charge is -2.36. The SMILES string of the molecule is CC1CC(C(=O)O)CN(S(=O)(=O)CC23CCC(CC2)C3)C1. The average Bonchev–Trinajstić information content (AvgIpc) is 2.97. The number of piperidine rings is 1. The maximum Gasteiger partial charge on any atom is 0.307 e. The van der Waals surface area contributed by atoms with Crippen LogP contribution in [0.5, 0.6) is 0 Å². The quantitative estimate of drug-likeness (QED) is 0.860. The van der Waals surface area contributed by atoms with Crippen molar-refractivity contribution in [3.05, 3.63) is 0 Å². The molecule has 5 nitrogen and oxygen atoms in total. The van der Waals surface area contributed by atoms with Crippen molar-refractivity contribution in [3.63, 3.8) is 0 Å². The van der Waals surface area contributed by atoms with E-state index >= 15 is 0 Å². The van der Waals surface area contributed by atoms with E-state index in [9.17, 15) is 18.3 Å². The van der Waals surface area contributed by atoms with Crippen molar-refractivity contribution in [2.24, 2.45) is 23.2 Å². The Morgan fingerprint density at radius 3 is 2.48 bits per heavy atom. The summed E-state index contributed by atoms with van der Waals surface area (Å²) in [6.45, 7) is 2.57. The Kier molecular flexibility index (Phi) is 3.81. The van der Waals surface area contributed by atoms with Crippen LogP contribution in [0.15, 0.2) is 0 Å². The van der Waals surface area contributed by atoms with Gasteiger partial charge in [0.05, 0.1) is 11.7 Å². The van der Waals surface area contributed by atoms with Gasteiger partial charge in [-0.25, -0.2) is 12.7 Å². The minimum atomic E-state index is -3.34. The molecule has 21 heavy (non-hydrogen) atoms. The fourth-order valence-corrected chi connectivity index (χ4v) is 6.95. The van der Waals surface area contributed by atoms with Gasteiger partial charge >= 0.3 is 5.97 Å². The molecule has 0 spiro atoms. The van der Waals surface area contributed by atoms with E-state index < -0.39 is 21.9 Å². The Bertz CT molecular complexity index is 522. The Morgan fingerprint density at radius 2 is 1.95 bits per heavy atom. The first kappa shape index (κ1) is 15.3. The van der Waals surface area contributed by atoms with E-state index in [0.717, 1.165) is 25.2 Å². The standard InChI is InChI=1S/C15H25NO4S/c1-11-6-13(14(17)18)9-16(8-11)21(19,20)10-15-4-2-12(7-15)3-5-15/h11-13H,2-10H2,1H3,(H,17,18). The Morgan fingerprint density at radius 1 is 1.29 bits per heavy atom. The zero-order chi connectivity index (χ0) is 15.3. The van der Waals surface area contributed by atoms with Gasteiger partial charge in [-0.1, -0.05) is 6.92 Å². The summed E-state index contributed by atoms with van der Waals surface area (Å²) >= 11 is 0. The van der Waals surface area contributed by atoms with Crippen molar-refractivity contribution in [1.29, 1.82) is 0 Å². The number of hydrogen-bond donors (Lipinski definition) is 1. The lowest BCUT2D eigenvalue weighted by Crippen LogP contribution is -2.48. The highest BCUT2D eigenvalue weighted by molar-refractivity contribution is 7.89. The predicted molar refractivity (Wildman–Crippen MR) is 79.3 cm³/mol. The van der Waals surface area contributed by atoms with Crippen molar-refractivity contribution in [2.45, 2.75) is 45.4 Å². The number of rotatable bonds is 4. The minimum absolute atomic E-state index is 0.0110. The van der Waals surface area contributed by atoms with E-state index in [1.165, 1.54) is 17.1 Å². The summed E-state index contributed by atoms with van der Waals surface area (Å²) in [5, 5.41) is 9.21. The lowest BCUT2D eigenvalue weighted by atomic mass is 9.87. The zero-order valence-corrected chi connectivity index (χ0v) is 13.4. The molecular formula is C15H25NO4S. The first-order chi connectivity index (χ1) is 9.80. The topological polar surface area (TPSA) is 74.7 Å². The molecule has 2 unspecified atom stereocenters. The molecule has 1 N–H and O–H groups in total. The highest BCUT2D eigenvalue weighted by Crippen LogP contribution is 2.54. The van der Waals surface area contributed by atoms with Crippen LogP contribution in [0.25, 0.3) is 0 Å². The van der Waals surface area contributed by atoms with Gasteiger partial charge in [-0.15, -0.1) is 0 Å². The van der Waals surface area contributed by atoms with Gasteiger partial charge in [-0.3, -0.25) is 4.79 Å². The van der Waals surface area contributed by atoms with Gasteiger partial charge in [0, 0.05) is 13.1 Å². The molecule has 6 heteroatoms. The second kappa shape index (κ2) is 5.23. The number of sulfonamides is 1. The van der Waals surface area contributed by atoms with Crippen LogP contribution in [0, 0.1) is 23.2 Å². The van der Waals surface area contributed by atoms with E-state index in [4.69, 9.17) is 0 Å². The number of carboxylic acid groups (broad SMARTS) is 1. The average molecular weight is 315 g/mol. The summed E-state index contributed by atoms with van der Waals surface area (Å²) in [4.78, 5) is 11.2. The Labute approximate surface area is 126 Å².